The van der Waals surface area contributed by atoms with Crippen LogP contribution in [0.15, 0.2) is 78.9 Å². The summed E-state index contributed by atoms with van der Waals surface area (Å²) >= 11 is 0. The summed E-state index contributed by atoms with van der Waals surface area (Å²) in [4.78, 5) is 38.0. The van der Waals surface area contributed by atoms with E-state index in [4.69, 9.17) is 9.47 Å². The van der Waals surface area contributed by atoms with Gasteiger partial charge in [-0.1, -0.05) is 98.6 Å². The summed E-state index contributed by atoms with van der Waals surface area (Å²) in [6.07, 6.45) is 0.286. The number of carboxylic acids is 1. The second-order valence-electron chi connectivity index (χ2n) is 9.99. The van der Waals surface area contributed by atoms with E-state index in [0.29, 0.717) is 12.8 Å². The highest BCUT2D eigenvalue weighted by Gasteiger charge is 2.32. The van der Waals surface area contributed by atoms with Gasteiger partial charge in [-0.25, -0.2) is 9.59 Å². The van der Waals surface area contributed by atoms with Crippen LogP contribution < -0.4 is 10.6 Å². The predicted molar refractivity (Wildman–Crippen MR) is 152 cm³/mol. The van der Waals surface area contributed by atoms with Crippen LogP contribution in [0, 0.1) is 0 Å². The zero-order chi connectivity index (χ0) is 28.5. The van der Waals surface area contributed by atoms with Crippen LogP contribution in [-0.4, -0.2) is 47.9 Å². The standard InChI is InChI=1S/C32H36N2O6/c1-3-4-18-28(30(35)34-29(31(36)37)21(2)39-19-22-12-6-5-7-13-22)33-32(38)40-20-27-25-16-10-8-14-23(25)24-15-9-11-17-26(24)27/h5-17,21,27-29H,3-4,18-20H2,1-2H3,(H,33,38)(H,34,35)(H,36,37)/t21-,28?,29+/m0/s1. The van der Waals surface area contributed by atoms with Crippen molar-refractivity contribution in [2.45, 2.75) is 63.8 Å². The molecule has 210 valence electrons. The SMILES string of the molecule is CCCCC(NC(=O)OCC1c2ccccc2-c2ccccc21)C(=O)N[C@@H](C(=O)O)[C@H](C)OCc1ccccc1. The zero-order valence-electron chi connectivity index (χ0n) is 22.8. The highest BCUT2D eigenvalue weighted by molar-refractivity contribution is 5.89. The summed E-state index contributed by atoms with van der Waals surface area (Å²) in [6, 6.07) is 23.2. The van der Waals surface area contributed by atoms with Crippen molar-refractivity contribution in [3.63, 3.8) is 0 Å². The second-order valence-corrected chi connectivity index (χ2v) is 9.99. The fourth-order valence-corrected chi connectivity index (χ4v) is 4.99. The van der Waals surface area contributed by atoms with Gasteiger partial charge in [-0.15, -0.1) is 0 Å². The number of carboxylic acid groups (broad SMARTS) is 1. The zero-order valence-corrected chi connectivity index (χ0v) is 22.8. The molecule has 1 aliphatic rings. The van der Waals surface area contributed by atoms with Crippen LogP contribution >= 0.6 is 0 Å². The summed E-state index contributed by atoms with van der Waals surface area (Å²) in [7, 11) is 0. The minimum absolute atomic E-state index is 0.111. The van der Waals surface area contributed by atoms with Gasteiger partial charge in [0.1, 0.15) is 12.6 Å². The largest absolute Gasteiger partial charge is 0.480 e. The fraction of sp³-hybridized carbons (Fsp3) is 0.344. The molecular formula is C32H36N2O6. The van der Waals surface area contributed by atoms with Crippen LogP contribution in [0.1, 0.15) is 55.7 Å². The van der Waals surface area contributed by atoms with E-state index < -0.39 is 36.2 Å². The summed E-state index contributed by atoms with van der Waals surface area (Å²) in [5.74, 6) is -1.92. The number of ether oxygens (including phenoxy) is 2. The molecule has 0 fully saturated rings. The van der Waals surface area contributed by atoms with E-state index in [0.717, 1.165) is 34.2 Å². The summed E-state index contributed by atoms with van der Waals surface area (Å²) < 4.78 is 11.4. The Labute approximate surface area is 234 Å². The maximum absolute atomic E-state index is 13.2. The Morgan fingerprint density at radius 3 is 2.08 bits per heavy atom. The lowest BCUT2D eigenvalue weighted by molar-refractivity contribution is -0.146. The van der Waals surface area contributed by atoms with E-state index in [9.17, 15) is 19.5 Å². The first-order chi connectivity index (χ1) is 19.4. The van der Waals surface area contributed by atoms with Gasteiger partial charge in [-0.2, -0.15) is 0 Å². The number of unbranched alkanes of at least 4 members (excludes halogenated alkanes) is 1. The lowest BCUT2D eigenvalue weighted by atomic mass is 9.98. The number of carbonyl (C=O) groups excluding carboxylic acids is 2. The van der Waals surface area contributed by atoms with Crippen molar-refractivity contribution in [2.24, 2.45) is 0 Å². The minimum Gasteiger partial charge on any atom is -0.480 e. The topological polar surface area (TPSA) is 114 Å². The van der Waals surface area contributed by atoms with Crippen LogP contribution in [-0.2, 0) is 25.7 Å². The molecule has 3 N–H and O–H groups in total. The van der Waals surface area contributed by atoms with Gasteiger partial charge in [0.05, 0.1) is 12.7 Å². The van der Waals surface area contributed by atoms with Crippen molar-refractivity contribution in [3.05, 3.63) is 95.6 Å². The Balaban J connectivity index is 1.37. The number of rotatable bonds is 13. The average Bonchev–Trinajstić information content (AvgIpc) is 3.29. The van der Waals surface area contributed by atoms with E-state index in [1.54, 1.807) is 6.92 Å². The molecule has 2 amide bonds. The Morgan fingerprint density at radius 1 is 0.875 bits per heavy atom. The molecule has 8 nitrogen and oxygen atoms in total. The van der Waals surface area contributed by atoms with Crippen molar-refractivity contribution in [1.29, 1.82) is 0 Å². The molecule has 0 radical (unpaired) electrons. The Kier molecular flexibility index (Phi) is 9.91. The van der Waals surface area contributed by atoms with Gasteiger partial charge in [0.2, 0.25) is 5.91 Å². The monoisotopic (exact) mass is 544 g/mol. The van der Waals surface area contributed by atoms with E-state index in [1.165, 1.54) is 0 Å². The molecule has 3 aromatic carbocycles. The average molecular weight is 545 g/mol. The van der Waals surface area contributed by atoms with Gasteiger partial charge in [0.25, 0.3) is 0 Å². The molecule has 8 heteroatoms. The number of nitrogens with one attached hydrogen (secondary N) is 2. The molecule has 3 aromatic rings. The van der Waals surface area contributed by atoms with Crippen LogP contribution in [0.2, 0.25) is 0 Å². The third-order valence-corrected chi connectivity index (χ3v) is 7.19. The number of alkyl carbamates (subject to hydrolysis) is 1. The number of benzene rings is 3. The predicted octanol–water partition coefficient (Wildman–Crippen LogP) is 5.26. The van der Waals surface area contributed by atoms with Crippen LogP contribution in [0.4, 0.5) is 4.79 Å². The van der Waals surface area contributed by atoms with E-state index in [-0.39, 0.29) is 19.1 Å². The molecule has 0 spiro atoms. The molecule has 1 aliphatic carbocycles. The maximum Gasteiger partial charge on any atom is 0.407 e. The van der Waals surface area contributed by atoms with Crippen molar-refractivity contribution >= 4 is 18.0 Å². The first-order valence-electron chi connectivity index (χ1n) is 13.7. The molecule has 0 aliphatic heterocycles. The number of hydrogen-bond donors (Lipinski definition) is 3. The van der Waals surface area contributed by atoms with Crippen molar-refractivity contribution in [3.8, 4) is 11.1 Å². The van der Waals surface area contributed by atoms with Gasteiger partial charge in [0, 0.05) is 5.92 Å². The molecule has 0 heterocycles. The smallest absolute Gasteiger partial charge is 0.407 e. The van der Waals surface area contributed by atoms with Crippen LogP contribution in [0.5, 0.6) is 0 Å². The molecule has 4 rings (SSSR count). The third kappa shape index (κ3) is 7.07. The molecule has 0 saturated carbocycles. The van der Waals surface area contributed by atoms with Gasteiger partial charge in [-0.3, -0.25) is 4.79 Å². The van der Waals surface area contributed by atoms with E-state index >= 15 is 0 Å². The van der Waals surface area contributed by atoms with E-state index in [2.05, 4.69) is 22.8 Å². The Hall–Kier alpha value is -4.17. The van der Waals surface area contributed by atoms with Crippen LogP contribution in [0.3, 0.4) is 0 Å². The van der Waals surface area contributed by atoms with Gasteiger partial charge in [-0.05, 0) is 41.2 Å². The number of aliphatic carboxylic acids is 1. The summed E-state index contributed by atoms with van der Waals surface area (Å²) in [5.41, 5.74) is 5.31. The van der Waals surface area contributed by atoms with Gasteiger partial charge >= 0.3 is 12.1 Å². The minimum atomic E-state index is -1.29. The Bertz CT molecular complexity index is 1270. The highest BCUT2D eigenvalue weighted by atomic mass is 16.5. The molecule has 40 heavy (non-hydrogen) atoms. The van der Waals surface area contributed by atoms with Crippen molar-refractivity contribution < 1.29 is 29.0 Å². The maximum atomic E-state index is 13.2. The summed E-state index contributed by atoms with van der Waals surface area (Å²) in [6.45, 7) is 3.90. The number of carbonyl (C=O) groups is 3. The molecule has 3 atom stereocenters. The molecule has 0 aromatic heterocycles. The quantitative estimate of drug-likeness (QED) is 0.271. The normalized spacial score (nSPS) is 14.3. The first kappa shape index (κ1) is 28.8. The van der Waals surface area contributed by atoms with Crippen molar-refractivity contribution in [2.75, 3.05) is 6.61 Å². The van der Waals surface area contributed by atoms with Gasteiger partial charge in [0.15, 0.2) is 6.04 Å². The molecular weight excluding hydrogens is 508 g/mol. The summed E-state index contributed by atoms with van der Waals surface area (Å²) in [5, 5.41) is 15.0. The first-order valence-corrected chi connectivity index (χ1v) is 13.7. The molecule has 1 unspecified atom stereocenters. The molecule has 0 saturated heterocycles. The highest BCUT2D eigenvalue weighted by Crippen LogP contribution is 2.44. The van der Waals surface area contributed by atoms with Gasteiger partial charge < -0.3 is 25.2 Å². The molecule has 0 bridgehead atoms. The van der Waals surface area contributed by atoms with E-state index in [1.807, 2.05) is 73.7 Å². The fourth-order valence-electron chi connectivity index (χ4n) is 4.99. The van der Waals surface area contributed by atoms with Crippen LogP contribution in [0.25, 0.3) is 11.1 Å². The number of hydrogen-bond acceptors (Lipinski definition) is 5. The lowest BCUT2D eigenvalue weighted by Crippen LogP contribution is -2.55. The Morgan fingerprint density at radius 2 is 1.48 bits per heavy atom. The third-order valence-electron chi connectivity index (χ3n) is 7.19. The second kappa shape index (κ2) is 13.8. The number of fused-ring (bicyclic) bond motifs is 3. The van der Waals surface area contributed by atoms with Crippen molar-refractivity contribution in [1.82, 2.24) is 10.6 Å². The number of amides is 2. The lowest BCUT2D eigenvalue weighted by Gasteiger charge is -2.25.